The Kier molecular flexibility index (Phi) is 5.69. The number of carbonyl (C=O) groups is 3. The third-order valence-electron chi connectivity index (χ3n) is 3.33. The number of hydrogen-bond donors (Lipinski definition) is 0. The topological polar surface area (TPSA) is 103 Å². The zero-order valence-electron chi connectivity index (χ0n) is 13.6. The van der Waals surface area contributed by atoms with E-state index in [9.17, 15) is 14.4 Å². The molecule has 1 aliphatic rings. The van der Waals surface area contributed by atoms with Gasteiger partial charge in [0, 0.05) is 6.08 Å². The van der Waals surface area contributed by atoms with E-state index < -0.39 is 23.5 Å². The summed E-state index contributed by atoms with van der Waals surface area (Å²) >= 11 is 0. The number of nitrogens with zero attached hydrogens (tertiary/aromatic N) is 1. The van der Waals surface area contributed by atoms with Gasteiger partial charge in [-0.05, 0) is 30.7 Å². The minimum Gasteiger partial charge on any atom is -0.493 e. The summed E-state index contributed by atoms with van der Waals surface area (Å²) in [6.45, 7) is 1.34. The Hall–Kier alpha value is -3.40. The Morgan fingerprint density at radius 2 is 2.12 bits per heavy atom. The number of benzene rings is 1. The molecule has 0 aromatic heterocycles. The van der Waals surface area contributed by atoms with Crippen LogP contribution in [0.2, 0.25) is 0 Å². The lowest BCUT2D eigenvalue weighted by Gasteiger charge is -2.15. The monoisotopic (exact) mass is 341 g/mol. The van der Waals surface area contributed by atoms with Crippen molar-refractivity contribution in [2.45, 2.75) is 6.92 Å². The number of nitriles is 1. The van der Waals surface area contributed by atoms with Crippen LogP contribution in [-0.2, 0) is 19.1 Å². The Morgan fingerprint density at radius 3 is 2.76 bits per heavy atom. The van der Waals surface area contributed by atoms with Gasteiger partial charge in [0.15, 0.2) is 35.6 Å². The van der Waals surface area contributed by atoms with Gasteiger partial charge in [0.25, 0.3) is 0 Å². The average Bonchev–Trinajstić information content (AvgIpc) is 2.57. The molecule has 7 heteroatoms. The number of esters is 1. The number of ketones is 2. The van der Waals surface area contributed by atoms with Gasteiger partial charge in [0.05, 0.1) is 7.11 Å². The molecule has 1 aliphatic heterocycles. The highest BCUT2D eigenvalue weighted by molar-refractivity contribution is 6.25. The van der Waals surface area contributed by atoms with Gasteiger partial charge in [-0.2, -0.15) is 5.26 Å². The van der Waals surface area contributed by atoms with E-state index in [-0.39, 0.29) is 12.4 Å². The highest BCUT2D eigenvalue weighted by atomic mass is 16.5. The van der Waals surface area contributed by atoms with Crippen LogP contribution >= 0.6 is 0 Å². The lowest BCUT2D eigenvalue weighted by Crippen LogP contribution is -2.34. The van der Waals surface area contributed by atoms with Crippen molar-refractivity contribution in [3.05, 3.63) is 41.7 Å². The lowest BCUT2D eigenvalue weighted by molar-refractivity contribution is -0.151. The van der Waals surface area contributed by atoms with Gasteiger partial charge in [0.2, 0.25) is 0 Å². The molecule has 25 heavy (non-hydrogen) atoms. The van der Waals surface area contributed by atoms with Crippen LogP contribution in [0.25, 0.3) is 6.08 Å². The first-order valence-electron chi connectivity index (χ1n) is 7.30. The van der Waals surface area contributed by atoms with Gasteiger partial charge in [-0.3, -0.25) is 14.4 Å². The van der Waals surface area contributed by atoms with E-state index in [0.717, 1.165) is 12.2 Å². The van der Waals surface area contributed by atoms with Crippen molar-refractivity contribution < 1.29 is 28.6 Å². The van der Waals surface area contributed by atoms with Crippen LogP contribution in [0.4, 0.5) is 0 Å². The Balaban J connectivity index is 2.16. The zero-order valence-corrected chi connectivity index (χ0v) is 13.6. The largest absolute Gasteiger partial charge is 0.493 e. The molecular formula is C18H15NO6. The Labute approximate surface area is 144 Å². The molecule has 1 atom stereocenters. The van der Waals surface area contributed by atoms with E-state index in [1.165, 1.54) is 20.1 Å². The molecule has 0 aliphatic carbocycles. The number of ether oxygens (including phenoxy) is 3. The molecule has 0 radical (unpaired) electrons. The summed E-state index contributed by atoms with van der Waals surface area (Å²) in [5, 5.41) is 8.54. The van der Waals surface area contributed by atoms with E-state index in [4.69, 9.17) is 19.5 Å². The maximum absolute atomic E-state index is 12.1. The van der Waals surface area contributed by atoms with Crippen molar-refractivity contribution in [3.63, 3.8) is 0 Å². The van der Waals surface area contributed by atoms with Gasteiger partial charge in [-0.15, -0.1) is 0 Å². The van der Waals surface area contributed by atoms with Crippen molar-refractivity contribution in [2.24, 2.45) is 5.92 Å². The molecule has 0 amide bonds. The molecule has 1 aromatic carbocycles. The lowest BCUT2D eigenvalue weighted by atomic mass is 9.96. The zero-order chi connectivity index (χ0) is 18.4. The number of methoxy groups -OCH3 is 1. The third kappa shape index (κ3) is 4.32. The minimum atomic E-state index is -1.47. The van der Waals surface area contributed by atoms with Gasteiger partial charge >= 0.3 is 5.97 Å². The molecule has 1 heterocycles. The molecular weight excluding hydrogens is 326 g/mol. The molecule has 128 valence electrons. The van der Waals surface area contributed by atoms with Gasteiger partial charge in [-0.1, -0.05) is 12.1 Å². The maximum Gasteiger partial charge on any atom is 0.329 e. The molecule has 1 aromatic rings. The van der Waals surface area contributed by atoms with Crippen LogP contribution < -0.4 is 9.47 Å². The van der Waals surface area contributed by atoms with Crippen LogP contribution in [0.5, 0.6) is 11.5 Å². The Morgan fingerprint density at radius 1 is 1.36 bits per heavy atom. The maximum atomic E-state index is 12.1. The molecule has 7 nitrogen and oxygen atoms in total. The fraction of sp³-hybridized carbons (Fsp3) is 0.222. The second-order valence-corrected chi connectivity index (χ2v) is 5.10. The first-order valence-corrected chi connectivity index (χ1v) is 7.30. The highest BCUT2D eigenvalue weighted by Gasteiger charge is 2.36. The summed E-state index contributed by atoms with van der Waals surface area (Å²) in [7, 11) is 1.44. The van der Waals surface area contributed by atoms with Gasteiger partial charge in [0.1, 0.15) is 11.8 Å². The van der Waals surface area contributed by atoms with Crippen molar-refractivity contribution in [3.8, 4) is 17.6 Å². The standard InChI is InChI=1S/C18H15NO6/c1-11-9-14(21)17(18(22)25-11)13(20)5-3-12-4-6-15(24-8-7-19)16(10-12)23-2/h3-6,9-10,17H,8H2,1-2H3/b5-3+/t17-/m1/s1. The summed E-state index contributed by atoms with van der Waals surface area (Å²) in [5.74, 6) is -2.67. The summed E-state index contributed by atoms with van der Waals surface area (Å²) in [5.41, 5.74) is 0.595. The van der Waals surface area contributed by atoms with Crippen molar-refractivity contribution in [1.29, 1.82) is 5.26 Å². The first-order chi connectivity index (χ1) is 12.0. The van der Waals surface area contributed by atoms with Gasteiger partial charge in [-0.25, -0.2) is 0 Å². The van der Waals surface area contributed by atoms with E-state index in [1.54, 1.807) is 18.2 Å². The van der Waals surface area contributed by atoms with E-state index in [1.807, 2.05) is 6.07 Å². The van der Waals surface area contributed by atoms with Gasteiger partial charge < -0.3 is 14.2 Å². The van der Waals surface area contributed by atoms with Crippen LogP contribution in [0.3, 0.4) is 0 Å². The number of rotatable bonds is 6. The fourth-order valence-corrected chi connectivity index (χ4v) is 2.19. The predicted octanol–water partition coefficient (Wildman–Crippen LogP) is 1.83. The summed E-state index contributed by atoms with van der Waals surface area (Å²) in [6, 6.07) is 6.68. The molecule has 0 N–H and O–H groups in total. The summed E-state index contributed by atoms with van der Waals surface area (Å²) in [4.78, 5) is 35.7. The van der Waals surface area contributed by atoms with E-state index in [2.05, 4.69) is 0 Å². The Bertz CT molecular complexity index is 815. The smallest absolute Gasteiger partial charge is 0.329 e. The SMILES string of the molecule is COc1cc(/C=C/C(=O)[C@@H]2C(=O)C=C(C)OC2=O)ccc1OCC#N. The predicted molar refractivity (Wildman–Crippen MR) is 86.5 cm³/mol. The number of cyclic esters (lactones) is 1. The second-order valence-electron chi connectivity index (χ2n) is 5.10. The highest BCUT2D eigenvalue weighted by Crippen LogP contribution is 2.28. The molecule has 0 saturated heterocycles. The van der Waals surface area contributed by atoms with E-state index in [0.29, 0.717) is 17.1 Å². The number of carbonyl (C=O) groups excluding carboxylic acids is 3. The third-order valence-corrected chi connectivity index (χ3v) is 3.33. The molecule has 0 bridgehead atoms. The minimum absolute atomic E-state index is 0.122. The summed E-state index contributed by atoms with van der Waals surface area (Å²) in [6.07, 6.45) is 3.72. The van der Waals surface area contributed by atoms with E-state index >= 15 is 0 Å². The van der Waals surface area contributed by atoms with Crippen LogP contribution in [-0.4, -0.2) is 31.3 Å². The number of allylic oxidation sites excluding steroid dienone is 3. The molecule has 0 spiro atoms. The average molecular weight is 341 g/mol. The summed E-state index contributed by atoms with van der Waals surface area (Å²) < 4.78 is 15.2. The molecule has 0 saturated carbocycles. The number of hydrogen-bond acceptors (Lipinski definition) is 7. The van der Waals surface area contributed by atoms with Crippen LogP contribution in [0, 0.1) is 17.2 Å². The van der Waals surface area contributed by atoms with Crippen LogP contribution in [0.1, 0.15) is 12.5 Å². The van der Waals surface area contributed by atoms with Crippen molar-refractivity contribution in [2.75, 3.05) is 13.7 Å². The quantitative estimate of drug-likeness (QED) is 0.442. The first kappa shape index (κ1) is 17.9. The molecule has 0 unspecified atom stereocenters. The van der Waals surface area contributed by atoms with Crippen molar-refractivity contribution in [1.82, 2.24) is 0 Å². The van der Waals surface area contributed by atoms with Crippen LogP contribution in [0.15, 0.2) is 36.1 Å². The molecule has 0 fully saturated rings. The van der Waals surface area contributed by atoms with Crippen molar-refractivity contribution >= 4 is 23.6 Å². The fourth-order valence-electron chi connectivity index (χ4n) is 2.19. The molecule has 2 rings (SSSR count). The second kappa shape index (κ2) is 7.93. The normalized spacial score (nSPS) is 16.8.